The molecule has 0 aliphatic carbocycles. The van der Waals surface area contributed by atoms with Crippen LogP contribution in [0.3, 0.4) is 0 Å². The van der Waals surface area contributed by atoms with Crippen molar-refractivity contribution in [1.82, 2.24) is 10.2 Å². The SMILES string of the molecule is CCCCNC(=O)CN1C(=O)C(=CC=Cc2ccccc2)SC1=S. The highest BCUT2D eigenvalue weighted by Gasteiger charge is 2.32. The first kappa shape index (κ1) is 18.4. The molecule has 1 N–H and O–H groups in total. The maximum atomic E-state index is 12.4. The van der Waals surface area contributed by atoms with Crippen LogP contribution in [0.1, 0.15) is 25.3 Å². The van der Waals surface area contributed by atoms with Gasteiger partial charge in [-0.1, -0.05) is 79.8 Å². The van der Waals surface area contributed by atoms with Crippen molar-refractivity contribution in [1.29, 1.82) is 0 Å². The quantitative estimate of drug-likeness (QED) is 0.460. The van der Waals surface area contributed by atoms with Crippen LogP contribution < -0.4 is 5.32 Å². The van der Waals surface area contributed by atoms with E-state index in [0.29, 0.717) is 15.8 Å². The minimum absolute atomic E-state index is 0.0197. The molecule has 2 amide bonds. The van der Waals surface area contributed by atoms with Crippen molar-refractivity contribution in [3.05, 3.63) is 53.0 Å². The van der Waals surface area contributed by atoms with Crippen molar-refractivity contribution in [2.75, 3.05) is 13.1 Å². The van der Waals surface area contributed by atoms with Crippen molar-refractivity contribution in [2.24, 2.45) is 0 Å². The summed E-state index contributed by atoms with van der Waals surface area (Å²) in [6.07, 6.45) is 7.42. The topological polar surface area (TPSA) is 49.4 Å². The highest BCUT2D eigenvalue weighted by molar-refractivity contribution is 8.26. The molecule has 1 saturated heterocycles. The standard InChI is InChI=1S/C18H20N2O2S2/c1-2-3-12-19-16(21)13-20-17(22)15(24-18(20)23)11-7-10-14-8-5-4-6-9-14/h4-11H,2-3,12-13H2,1H3,(H,19,21). The number of thiocarbonyl (C=S) groups is 1. The van der Waals surface area contributed by atoms with Crippen LogP contribution in [0.15, 0.2) is 47.4 Å². The Bertz CT molecular complexity index is 669. The Labute approximate surface area is 152 Å². The number of nitrogens with one attached hydrogen (secondary N) is 1. The van der Waals surface area contributed by atoms with Gasteiger partial charge in [0.05, 0.1) is 4.91 Å². The van der Waals surface area contributed by atoms with Crippen molar-refractivity contribution in [3.63, 3.8) is 0 Å². The van der Waals surface area contributed by atoms with Gasteiger partial charge >= 0.3 is 0 Å². The summed E-state index contributed by atoms with van der Waals surface area (Å²) in [6, 6.07) is 9.83. The summed E-state index contributed by atoms with van der Waals surface area (Å²) >= 11 is 6.44. The lowest BCUT2D eigenvalue weighted by Gasteiger charge is -2.13. The molecule has 0 unspecified atom stereocenters. The lowest BCUT2D eigenvalue weighted by molar-refractivity contribution is -0.128. The van der Waals surface area contributed by atoms with E-state index < -0.39 is 0 Å². The first-order valence-electron chi connectivity index (χ1n) is 7.85. The molecule has 1 aliphatic rings. The lowest BCUT2D eigenvalue weighted by atomic mass is 10.2. The first-order chi connectivity index (χ1) is 11.6. The second-order valence-electron chi connectivity index (χ2n) is 5.26. The zero-order valence-electron chi connectivity index (χ0n) is 13.5. The van der Waals surface area contributed by atoms with Gasteiger partial charge in [0, 0.05) is 6.54 Å². The number of carbonyl (C=O) groups is 2. The summed E-state index contributed by atoms with van der Waals surface area (Å²) in [5.41, 5.74) is 1.06. The number of hydrogen-bond acceptors (Lipinski definition) is 4. The van der Waals surface area contributed by atoms with Gasteiger partial charge in [-0.15, -0.1) is 0 Å². The molecule has 24 heavy (non-hydrogen) atoms. The third kappa shape index (κ3) is 5.32. The molecular weight excluding hydrogens is 340 g/mol. The summed E-state index contributed by atoms with van der Waals surface area (Å²) < 4.78 is 0.421. The molecule has 0 aromatic heterocycles. The Hall–Kier alpha value is -1.92. The van der Waals surface area contributed by atoms with E-state index in [2.05, 4.69) is 12.2 Å². The van der Waals surface area contributed by atoms with E-state index in [1.54, 1.807) is 6.08 Å². The van der Waals surface area contributed by atoms with Crippen LogP contribution in [-0.4, -0.2) is 34.1 Å². The molecule has 0 saturated carbocycles. The minimum atomic E-state index is -0.214. The number of rotatable bonds is 7. The maximum absolute atomic E-state index is 12.4. The number of unbranched alkanes of at least 4 members (excludes halogenated alkanes) is 1. The van der Waals surface area contributed by atoms with E-state index in [4.69, 9.17) is 12.2 Å². The molecular formula is C18H20N2O2S2. The van der Waals surface area contributed by atoms with Gasteiger partial charge in [-0.25, -0.2) is 0 Å². The van der Waals surface area contributed by atoms with Crippen LogP contribution in [0.2, 0.25) is 0 Å². The lowest BCUT2D eigenvalue weighted by Crippen LogP contribution is -2.39. The molecule has 0 atom stereocenters. The van der Waals surface area contributed by atoms with Crippen LogP contribution in [-0.2, 0) is 9.59 Å². The summed E-state index contributed by atoms with van der Waals surface area (Å²) in [4.78, 5) is 26.1. The van der Waals surface area contributed by atoms with Gasteiger partial charge in [-0.05, 0) is 18.1 Å². The molecule has 1 heterocycles. The Morgan fingerprint density at radius 2 is 2.08 bits per heavy atom. The predicted octanol–water partition coefficient (Wildman–Crippen LogP) is 3.36. The van der Waals surface area contributed by atoms with Gasteiger partial charge in [0.1, 0.15) is 10.9 Å². The number of benzene rings is 1. The Kier molecular flexibility index (Phi) is 7.21. The first-order valence-corrected chi connectivity index (χ1v) is 9.08. The molecule has 1 fully saturated rings. The fraction of sp³-hybridized carbons (Fsp3) is 0.278. The predicted molar refractivity (Wildman–Crippen MR) is 103 cm³/mol. The zero-order chi connectivity index (χ0) is 17.4. The van der Waals surface area contributed by atoms with E-state index in [0.717, 1.165) is 18.4 Å². The van der Waals surface area contributed by atoms with E-state index in [-0.39, 0.29) is 18.4 Å². The fourth-order valence-electron chi connectivity index (χ4n) is 2.07. The number of allylic oxidation sites excluding steroid dienone is 2. The number of thioether (sulfide) groups is 1. The van der Waals surface area contributed by atoms with E-state index >= 15 is 0 Å². The second-order valence-corrected chi connectivity index (χ2v) is 6.94. The van der Waals surface area contributed by atoms with Gasteiger partial charge in [-0.3, -0.25) is 14.5 Å². The number of nitrogens with zero attached hydrogens (tertiary/aromatic N) is 1. The number of amides is 2. The van der Waals surface area contributed by atoms with E-state index in [1.807, 2.05) is 42.5 Å². The smallest absolute Gasteiger partial charge is 0.266 e. The van der Waals surface area contributed by atoms with Crippen LogP contribution in [0.25, 0.3) is 6.08 Å². The average Bonchev–Trinajstić information content (AvgIpc) is 2.84. The van der Waals surface area contributed by atoms with Crippen LogP contribution in [0.5, 0.6) is 0 Å². The van der Waals surface area contributed by atoms with Gasteiger partial charge in [-0.2, -0.15) is 0 Å². The van der Waals surface area contributed by atoms with Crippen molar-refractivity contribution >= 4 is 46.2 Å². The summed E-state index contributed by atoms with van der Waals surface area (Å²) in [6.45, 7) is 2.66. The largest absolute Gasteiger partial charge is 0.355 e. The third-order valence-electron chi connectivity index (χ3n) is 3.36. The molecule has 6 heteroatoms. The molecule has 1 aromatic carbocycles. The summed E-state index contributed by atoms with van der Waals surface area (Å²) in [5, 5.41) is 2.80. The van der Waals surface area contributed by atoms with Gasteiger partial charge < -0.3 is 5.32 Å². The van der Waals surface area contributed by atoms with Crippen LogP contribution >= 0.6 is 24.0 Å². The molecule has 0 spiro atoms. The highest BCUT2D eigenvalue weighted by Crippen LogP contribution is 2.30. The van der Waals surface area contributed by atoms with Crippen molar-refractivity contribution < 1.29 is 9.59 Å². The van der Waals surface area contributed by atoms with E-state index in [1.165, 1.54) is 16.7 Å². The van der Waals surface area contributed by atoms with Gasteiger partial charge in [0.25, 0.3) is 5.91 Å². The molecule has 0 radical (unpaired) electrons. The second kappa shape index (κ2) is 9.39. The third-order valence-corrected chi connectivity index (χ3v) is 4.76. The molecule has 2 rings (SSSR count). The minimum Gasteiger partial charge on any atom is -0.355 e. The Morgan fingerprint density at radius 3 is 2.79 bits per heavy atom. The molecule has 0 bridgehead atoms. The van der Waals surface area contributed by atoms with Gasteiger partial charge in [0.2, 0.25) is 5.91 Å². The average molecular weight is 361 g/mol. The van der Waals surface area contributed by atoms with E-state index in [9.17, 15) is 9.59 Å². The van der Waals surface area contributed by atoms with Crippen molar-refractivity contribution in [2.45, 2.75) is 19.8 Å². The molecule has 1 aliphatic heterocycles. The Balaban J connectivity index is 1.94. The Morgan fingerprint density at radius 1 is 1.33 bits per heavy atom. The molecule has 126 valence electrons. The normalized spacial score (nSPS) is 16.4. The monoisotopic (exact) mass is 360 g/mol. The van der Waals surface area contributed by atoms with Crippen molar-refractivity contribution in [3.8, 4) is 0 Å². The summed E-state index contributed by atoms with van der Waals surface area (Å²) in [5.74, 6) is -0.394. The van der Waals surface area contributed by atoms with Crippen LogP contribution in [0.4, 0.5) is 0 Å². The number of hydrogen-bond donors (Lipinski definition) is 1. The number of carbonyl (C=O) groups excluding carboxylic acids is 2. The zero-order valence-corrected chi connectivity index (χ0v) is 15.2. The summed E-state index contributed by atoms with van der Waals surface area (Å²) in [7, 11) is 0. The maximum Gasteiger partial charge on any atom is 0.266 e. The molecule has 4 nitrogen and oxygen atoms in total. The fourth-order valence-corrected chi connectivity index (χ4v) is 3.27. The molecule has 1 aromatic rings. The highest BCUT2D eigenvalue weighted by atomic mass is 32.2. The van der Waals surface area contributed by atoms with Gasteiger partial charge in [0.15, 0.2) is 0 Å². The van der Waals surface area contributed by atoms with Crippen LogP contribution in [0, 0.1) is 0 Å².